The lowest BCUT2D eigenvalue weighted by atomic mass is 9.91. The summed E-state index contributed by atoms with van der Waals surface area (Å²) in [5, 5.41) is 0.635. The maximum absolute atomic E-state index is 12.3. The fourth-order valence-electron chi connectivity index (χ4n) is 3.56. The van der Waals surface area contributed by atoms with Gasteiger partial charge in [-0.1, -0.05) is 19.1 Å². The molecule has 0 spiro atoms. The Morgan fingerprint density at radius 3 is 3.00 bits per heavy atom. The van der Waals surface area contributed by atoms with Crippen LogP contribution in [0.15, 0.2) is 51.9 Å². The number of furan rings is 1. The Hall–Kier alpha value is -2.40. The molecule has 0 radical (unpaired) electrons. The van der Waals surface area contributed by atoms with Crippen molar-refractivity contribution in [2.45, 2.75) is 32.4 Å². The molecule has 1 aromatic carbocycles. The summed E-state index contributed by atoms with van der Waals surface area (Å²) in [6.45, 7) is 3.88. The van der Waals surface area contributed by atoms with Crippen molar-refractivity contribution < 1.29 is 4.42 Å². The van der Waals surface area contributed by atoms with Crippen molar-refractivity contribution >= 4 is 10.9 Å². The third-order valence-electron chi connectivity index (χ3n) is 4.86. The van der Waals surface area contributed by atoms with E-state index in [0.717, 1.165) is 30.7 Å². The molecule has 2 unspecified atom stereocenters. The van der Waals surface area contributed by atoms with Gasteiger partial charge in [-0.2, -0.15) is 0 Å². The average molecular weight is 323 g/mol. The second kappa shape index (κ2) is 6.24. The number of likely N-dealkylation sites (tertiary alicyclic amines) is 1. The van der Waals surface area contributed by atoms with Crippen LogP contribution in [0.3, 0.4) is 0 Å². The summed E-state index contributed by atoms with van der Waals surface area (Å²) in [6, 6.07) is 11.7. The maximum Gasteiger partial charge on any atom is 0.258 e. The maximum atomic E-state index is 12.3. The zero-order chi connectivity index (χ0) is 16.5. The molecule has 1 fully saturated rings. The van der Waals surface area contributed by atoms with Crippen molar-refractivity contribution in [3.63, 3.8) is 0 Å². The standard InChI is InChI=1S/C19H21N3O2/c1-13-8-9-22(16(11-13)17-7-4-10-24-17)12-18-20-15-6-3-2-5-14(15)19(23)21-18/h2-7,10,13,16H,8-9,11-12H2,1H3,(H,20,21,23). The van der Waals surface area contributed by atoms with Crippen LogP contribution in [0.25, 0.3) is 10.9 Å². The Balaban J connectivity index is 1.64. The molecule has 1 N–H and O–H groups in total. The van der Waals surface area contributed by atoms with E-state index in [1.54, 1.807) is 12.3 Å². The fraction of sp³-hybridized carbons (Fsp3) is 0.368. The van der Waals surface area contributed by atoms with Gasteiger partial charge in [0.2, 0.25) is 0 Å². The lowest BCUT2D eigenvalue weighted by Gasteiger charge is -2.37. The number of piperidine rings is 1. The molecule has 2 atom stereocenters. The first-order chi connectivity index (χ1) is 11.7. The third kappa shape index (κ3) is 2.87. The number of nitrogens with zero attached hydrogens (tertiary/aromatic N) is 2. The Morgan fingerprint density at radius 1 is 1.29 bits per heavy atom. The summed E-state index contributed by atoms with van der Waals surface area (Å²) in [4.78, 5) is 22.2. The Labute approximate surface area is 140 Å². The predicted molar refractivity (Wildman–Crippen MR) is 92.6 cm³/mol. The normalized spacial score (nSPS) is 22.0. The first kappa shape index (κ1) is 15.1. The summed E-state index contributed by atoms with van der Waals surface area (Å²) < 4.78 is 5.65. The van der Waals surface area contributed by atoms with Crippen molar-refractivity contribution in [3.8, 4) is 0 Å². The molecule has 0 aliphatic carbocycles. The summed E-state index contributed by atoms with van der Waals surface area (Å²) in [6.07, 6.45) is 3.93. The summed E-state index contributed by atoms with van der Waals surface area (Å²) in [7, 11) is 0. The molecular formula is C19H21N3O2. The Kier molecular flexibility index (Phi) is 3.94. The number of para-hydroxylation sites is 1. The molecule has 124 valence electrons. The SMILES string of the molecule is CC1CCN(Cc2nc3ccccc3c(=O)[nH]2)C(c2ccco2)C1. The molecule has 1 saturated heterocycles. The number of aromatic amines is 1. The van der Waals surface area contributed by atoms with Crippen molar-refractivity contribution in [2.75, 3.05) is 6.54 Å². The summed E-state index contributed by atoms with van der Waals surface area (Å²) >= 11 is 0. The van der Waals surface area contributed by atoms with E-state index >= 15 is 0 Å². The number of hydrogen-bond donors (Lipinski definition) is 1. The molecule has 1 aliphatic heterocycles. The van der Waals surface area contributed by atoms with E-state index in [1.165, 1.54) is 0 Å². The number of rotatable bonds is 3. The Morgan fingerprint density at radius 2 is 2.17 bits per heavy atom. The topological polar surface area (TPSA) is 62.1 Å². The van der Waals surface area contributed by atoms with Gasteiger partial charge in [0.15, 0.2) is 0 Å². The number of aromatic nitrogens is 2. The number of nitrogens with one attached hydrogen (secondary N) is 1. The number of H-pyrrole nitrogens is 1. The van der Waals surface area contributed by atoms with Crippen LogP contribution >= 0.6 is 0 Å². The number of hydrogen-bond acceptors (Lipinski definition) is 4. The molecule has 3 aromatic rings. The molecule has 2 aromatic heterocycles. The first-order valence-electron chi connectivity index (χ1n) is 8.46. The third-order valence-corrected chi connectivity index (χ3v) is 4.86. The highest BCUT2D eigenvalue weighted by molar-refractivity contribution is 5.77. The van der Waals surface area contributed by atoms with Crippen LogP contribution in [0.5, 0.6) is 0 Å². The quantitative estimate of drug-likeness (QED) is 0.801. The van der Waals surface area contributed by atoms with Crippen molar-refractivity contribution in [1.29, 1.82) is 0 Å². The van der Waals surface area contributed by atoms with Gasteiger partial charge in [-0.05, 0) is 49.6 Å². The van der Waals surface area contributed by atoms with Crippen LogP contribution in [0.1, 0.15) is 37.4 Å². The molecule has 1 aliphatic rings. The summed E-state index contributed by atoms with van der Waals surface area (Å²) in [5.41, 5.74) is 0.673. The second-order valence-electron chi connectivity index (χ2n) is 6.66. The smallest absolute Gasteiger partial charge is 0.258 e. The van der Waals surface area contributed by atoms with Crippen LogP contribution in [-0.2, 0) is 6.54 Å². The predicted octanol–water partition coefficient (Wildman–Crippen LogP) is 3.49. The van der Waals surface area contributed by atoms with Crippen molar-refractivity contribution in [3.05, 3.63) is 64.6 Å². The van der Waals surface area contributed by atoms with E-state index in [2.05, 4.69) is 21.8 Å². The fourth-order valence-corrected chi connectivity index (χ4v) is 3.56. The van der Waals surface area contributed by atoms with E-state index in [0.29, 0.717) is 23.7 Å². The molecule has 0 saturated carbocycles. The second-order valence-corrected chi connectivity index (χ2v) is 6.66. The average Bonchev–Trinajstić information content (AvgIpc) is 3.11. The van der Waals surface area contributed by atoms with Crippen LogP contribution in [0.4, 0.5) is 0 Å². The van der Waals surface area contributed by atoms with Gasteiger partial charge in [0.05, 0.1) is 29.8 Å². The van der Waals surface area contributed by atoms with E-state index in [9.17, 15) is 4.79 Å². The largest absolute Gasteiger partial charge is 0.468 e. The zero-order valence-corrected chi connectivity index (χ0v) is 13.7. The van der Waals surface area contributed by atoms with Gasteiger partial charge >= 0.3 is 0 Å². The molecular weight excluding hydrogens is 302 g/mol. The molecule has 0 amide bonds. The monoisotopic (exact) mass is 323 g/mol. The van der Waals surface area contributed by atoms with Gasteiger partial charge in [0.1, 0.15) is 11.6 Å². The van der Waals surface area contributed by atoms with Crippen molar-refractivity contribution in [1.82, 2.24) is 14.9 Å². The molecule has 5 heteroatoms. The lowest BCUT2D eigenvalue weighted by molar-refractivity contribution is 0.0918. The van der Waals surface area contributed by atoms with Crippen molar-refractivity contribution in [2.24, 2.45) is 5.92 Å². The van der Waals surface area contributed by atoms with Gasteiger partial charge in [0.25, 0.3) is 5.56 Å². The van der Waals surface area contributed by atoms with Gasteiger partial charge in [-0.15, -0.1) is 0 Å². The van der Waals surface area contributed by atoms with Crippen LogP contribution in [0, 0.1) is 5.92 Å². The van der Waals surface area contributed by atoms with E-state index < -0.39 is 0 Å². The highest BCUT2D eigenvalue weighted by Crippen LogP contribution is 2.34. The minimum atomic E-state index is -0.0736. The van der Waals surface area contributed by atoms with Gasteiger partial charge in [-0.3, -0.25) is 9.69 Å². The molecule has 4 rings (SSSR count). The van der Waals surface area contributed by atoms with Gasteiger partial charge in [-0.25, -0.2) is 4.98 Å². The number of benzene rings is 1. The minimum absolute atomic E-state index is 0.0736. The minimum Gasteiger partial charge on any atom is -0.468 e. The number of fused-ring (bicyclic) bond motifs is 1. The van der Waals surface area contributed by atoms with E-state index in [4.69, 9.17) is 4.42 Å². The van der Waals surface area contributed by atoms with Crippen LogP contribution in [-0.4, -0.2) is 21.4 Å². The Bertz CT molecular complexity index is 885. The lowest BCUT2D eigenvalue weighted by Crippen LogP contribution is -2.36. The summed E-state index contributed by atoms with van der Waals surface area (Å²) in [5.74, 6) is 2.37. The highest BCUT2D eigenvalue weighted by Gasteiger charge is 2.30. The zero-order valence-electron chi connectivity index (χ0n) is 13.7. The molecule has 5 nitrogen and oxygen atoms in total. The van der Waals surface area contributed by atoms with E-state index in [-0.39, 0.29) is 11.6 Å². The molecule has 24 heavy (non-hydrogen) atoms. The van der Waals surface area contributed by atoms with Crippen LogP contribution in [0.2, 0.25) is 0 Å². The van der Waals surface area contributed by atoms with E-state index in [1.807, 2.05) is 30.3 Å². The van der Waals surface area contributed by atoms with Gasteiger partial charge < -0.3 is 9.40 Å². The molecule has 0 bridgehead atoms. The van der Waals surface area contributed by atoms with Crippen LogP contribution < -0.4 is 5.56 Å². The van der Waals surface area contributed by atoms with Gasteiger partial charge in [0, 0.05) is 0 Å². The molecule has 3 heterocycles. The highest BCUT2D eigenvalue weighted by atomic mass is 16.3. The first-order valence-corrected chi connectivity index (χ1v) is 8.46.